The van der Waals surface area contributed by atoms with Crippen LogP contribution in [0.1, 0.15) is 53.9 Å². The minimum atomic E-state index is -4.39. The van der Waals surface area contributed by atoms with Gasteiger partial charge in [-0.05, 0) is 0 Å². The number of halogens is 3. The fourth-order valence-corrected chi connectivity index (χ4v) is 8.49. The maximum atomic E-state index is 13.4. The van der Waals surface area contributed by atoms with Gasteiger partial charge in [-0.1, -0.05) is 0 Å². The van der Waals surface area contributed by atoms with Gasteiger partial charge >= 0.3 is 217 Å². The van der Waals surface area contributed by atoms with Crippen LogP contribution in [-0.4, -0.2) is 36.3 Å². The summed E-state index contributed by atoms with van der Waals surface area (Å²) in [5.41, 5.74) is 2.28. The molecule has 1 fully saturated rings. The van der Waals surface area contributed by atoms with E-state index in [1.165, 1.54) is 29.4 Å². The average Bonchev–Trinajstić information content (AvgIpc) is 2.91. The van der Waals surface area contributed by atoms with E-state index in [4.69, 9.17) is 14.2 Å². The first-order valence-electron chi connectivity index (χ1n) is 12.0. The van der Waals surface area contributed by atoms with Gasteiger partial charge in [-0.3, -0.25) is 0 Å². The van der Waals surface area contributed by atoms with Crippen molar-refractivity contribution in [2.24, 2.45) is 0 Å². The van der Waals surface area contributed by atoms with Gasteiger partial charge in [0.1, 0.15) is 0 Å². The molecule has 1 aliphatic heterocycles. The molecule has 7 heteroatoms. The fraction of sp³-hybridized carbons (Fsp3) is 0.379. The van der Waals surface area contributed by atoms with Crippen molar-refractivity contribution in [2.45, 2.75) is 47.4 Å². The van der Waals surface area contributed by atoms with Gasteiger partial charge in [0.05, 0.1) is 0 Å². The van der Waals surface area contributed by atoms with Crippen LogP contribution in [-0.2, 0) is 10.5 Å². The molecule has 0 saturated carbocycles. The first-order chi connectivity index (χ1) is 17.3. The molecule has 4 rings (SSSR count). The molecular weight excluding hydrogens is 532 g/mol. The summed E-state index contributed by atoms with van der Waals surface area (Å²) in [6.45, 7) is 0. The van der Waals surface area contributed by atoms with Crippen molar-refractivity contribution in [2.75, 3.05) is 21.3 Å². The third kappa shape index (κ3) is 5.52. The summed E-state index contributed by atoms with van der Waals surface area (Å²) in [6.07, 6.45) is -0.237. The molecule has 2 unspecified atom stereocenters. The molecule has 192 valence electrons. The summed E-state index contributed by atoms with van der Waals surface area (Å²) in [5, 5.41) is 1.18. The van der Waals surface area contributed by atoms with Gasteiger partial charge in [0.25, 0.3) is 0 Å². The van der Waals surface area contributed by atoms with E-state index in [-0.39, 0.29) is 10.2 Å². The van der Waals surface area contributed by atoms with Crippen LogP contribution in [0.2, 0.25) is 5.32 Å². The SMILES string of the molecule is COc1cc(OC)c(C(CC2(c3ccccc3)CCCC[Se]2)c2ccc(C(F)(F)F)cc2)c(OC)c1. The summed E-state index contributed by atoms with van der Waals surface area (Å²) in [4.78, 5) is 0. The predicted octanol–water partition coefficient (Wildman–Crippen LogP) is 7.46. The van der Waals surface area contributed by atoms with E-state index >= 15 is 0 Å². The van der Waals surface area contributed by atoms with Crippen LogP contribution in [0.25, 0.3) is 0 Å². The van der Waals surface area contributed by atoms with Crippen LogP contribution < -0.4 is 14.2 Å². The monoisotopic (exact) mass is 564 g/mol. The first kappa shape index (κ1) is 26.4. The van der Waals surface area contributed by atoms with Crippen molar-refractivity contribution < 1.29 is 27.4 Å². The van der Waals surface area contributed by atoms with Crippen molar-refractivity contribution in [1.82, 2.24) is 0 Å². The second kappa shape index (κ2) is 11.2. The molecule has 0 radical (unpaired) electrons. The van der Waals surface area contributed by atoms with Crippen molar-refractivity contribution in [3.63, 3.8) is 0 Å². The van der Waals surface area contributed by atoms with Gasteiger partial charge in [0.2, 0.25) is 0 Å². The number of hydrogen-bond acceptors (Lipinski definition) is 3. The van der Waals surface area contributed by atoms with Gasteiger partial charge < -0.3 is 0 Å². The molecule has 1 aliphatic rings. The fourth-order valence-electron chi connectivity index (χ4n) is 5.10. The Kier molecular flexibility index (Phi) is 8.21. The summed E-state index contributed by atoms with van der Waals surface area (Å²) < 4.78 is 57.1. The van der Waals surface area contributed by atoms with Gasteiger partial charge in [-0.15, -0.1) is 0 Å². The topological polar surface area (TPSA) is 27.7 Å². The zero-order valence-electron chi connectivity index (χ0n) is 20.7. The van der Waals surface area contributed by atoms with E-state index in [1.807, 2.05) is 18.2 Å². The van der Waals surface area contributed by atoms with Crippen LogP contribution >= 0.6 is 0 Å². The predicted molar refractivity (Wildman–Crippen MR) is 137 cm³/mol. The van der Waals surface area contributed by atoms with E-state index in [9.17, 15) is 13.2 Å². The van der Waals surface area contributed by atoms with Crippen molar-refractivity contribution >= 4 is 15.0 Å². The number of methoxy groups -OCH3 is 3. The van der Waals surface area contributed by atoms with Gasteiger partial charge in [-0.25, -0.2) is 0 Å². The molecule has 3 nitrogen and oxygen atoms in total. The quantitative estimate of drug-likeness (QED) is 0.267. The third-order valence-electron chi connectivity index (χ3n) is 6.93. The van der Waals surface area contributed by atoms with Crippen LogP contribution in [0.5, 0.6) is 17.2 Å². The van der Waals surface area contributed by atoms with Crippen LogP contribution in [0.3, 0.4) is 0 Å². The third-order valence-corrected chi connectivity index (χ3v) is 10.4. The van der Waals surface area contributed by atoms with Crippen molar-refractivity contribution in [3.05, 3.63) is 89.0 Å². The summed E-state index contributed by atoms with van der Waals surface area (Å²) >= 11 is 0.337. The Hall–Kier alpha value is -2.63. The molecule has 0 bridgehead atoms. The molecule has 1 heterocycles. The van der Waals surface area contributed by atoms with Gasteiger partial charge in [-0.2, -0.15) is 0 Å². The number of hydrogen-bond donors (Lipinski definition) is 0. The Morgan fingerprint density at radius 2 is 1.50 bits per heavy atom. The van der Waals surface area contributed by atoms with E-state index in [1.54, 1.807) is 33.5 Å². The van der Waals surface area contributed by atoms with Crippen LogP contribution in [0, 0.1) is 0 Å². The standard InChI is InChI=1S/C29H31F3O3Se/c1-33-23-17-25(34-2)27(26(18-23)35-3)24(20-11-13-22(14-12-20)29(30,31)32)19-28(15-7-8-16-36-28)21-9-5-4-6-10-21/h4-6,9-14,17-18,24H,7-8,15-16,19H2,1-3H3. The number of rotatable bonds is 8. The number of alkyl halides is 3. The van der Waals surface area contributed by atoms with Crippen molar-refractivity contribution in [1.29, 1.82) is 0 Å². The van der Waals surface area contributed by atoms with E-state index in [2.05, 4.69) is 24.3 Å². The second-order valence-electron chi connectivity index (χ2n) is 8.99. The average molecular weight is 564 g/mol. The molecule has 3 aromatic carbocycles. The molecule has 0 aromatic heterocycles. The second-order valence-corrected chi connectivity index (χ2v) is 12.1. The summed E-state index contributed by atoms with van der Waals surface area (Å²) in [7, 11) is 4.77. The Morgan fingerprint density at radius 1 is 0.861 bits per heavy atom. The molecule has 0 amide bonds. The molecule has 0 N–H and O–H groups in total. The molecule has 1 saturated heterocycles. The molecule has 2 atom stereocenters. The van der Waals surface area contributed by atoms with Gasteiger partial charge in [0.15, 0.2) is 0 Å². The minimum absolute atomic E-state index is 0.0458. The molecule has 36 heavy (non-hydrogen) atoms. The van der Waals surface area contributed by atoms with E-state index in [0.29, 0.717) is 32.2 Å². The Labute approximate surface area is 217 Å². The summed E-state index contributed by atoms with van der Waals surface area (Å²) in [6, 6.07) is 19.7. The first-order valence-corrected chi connectivity index (χ1v) is 14.0. The molecule has 0 aliphatic carbocycles. The van der Waals surface area contributed by atoms with Crippen LogP contribution in [0.15, 0.2) is 66.7 Å². The van der Waals surface area contributed by atoms with E-state index < -0.39 is 11.7 Å². The Bertz CT molecular complexity index is 1120. The zero-order chi connectivity index (χ0) is 25.8. The van der Waals surface area contributed by atoms with Gasteiger partial charge in [0, 0.05) is 0 Å². The number of ether oxygens (including phenoxy) is 3. The zero-order valence-corrected chi connectivity index (χ0v) is 22.4. The molecule has 3 aromatic rings. The molecule has 0 spiro atoms. The van der Waals surface area contributed by atoms with E-state index in [0.717, 1.165) is 30.4 Å². The molecular formula is C29H31F3O3Se. The maximum absolute atomic E-state index is 13.4. The Balaban J connectivity index is 1.90. The normalized spacial score (nSPS) is 18.9. The van der Waals surface area contributed by atoms with Crippen LogP contribution in [0.4, 0.5) is 13.2 Å². The number of benzene rings is 3. The Morgan fingerprint density at radius 3 is 2.00 bits per heavy atom. The summed E-state index contributed by atoms with van der Waals surface area (Å²) in [5.74, 6) is 1.56. The van der Waals surface area contributed by atoms with Crippen molar-refractivity contribution in [3.8, 4) is 17.2 Å².